The van der Waals surface area contributed by atoms with Gasteiger partial charge in [-0.1, -0.05) is 32.9 Å². The fraction of sp³-hybridized carbons (Fsp3) is 0.538. The number of benzene rings is 1. The third-order valence-corrected chi connectivity index (χ3v) is 2.51. The summed E-state index contributed by atoms with van der Waals surface area (Å²) in [6.45, 7) is 6.91. The van der Waals surface area contributed by atoms with Crippen LogP contribution < -0.4 is 10.1 Å². The van der Waals surface area contributed by atoms with Gasteiger partial charge in [0.1, 0.15) is 5.75 Å². The predicted molar refractivity (Wildman–Crippen MR) is 64.7 cm³/mol. The van der Waals surface area contributed by atoms with Gasteiger partial charge in [-0.25, -0.2) is 0 Å². The van der Waals surface area contributed by atoms with Crippen molar-refractivity contribution >= 4 is 0 Å². The molecule has 0 fully saturated rings. The Balaban J connectivity index is 2.59. The van der Waals surface area contributed by atoms with Crippen molar-refractivity contribution < 1.29 is 17.9 Å². The van der Waals surface area contributed by atoms with Gasteiger partial charge in [-0.15, -0.1) is 13.2 Å². The largest absolute Gasteiger partial charge is 0.573 e. The Morgan fingerprint density at radius 3 is 2.11 bits per heavy atom. The van der Waals surface area contributed by atoms with Crippen LogP contribution >= 0.6 is 0 Å². The summed E-state index contributed by atoms with van der Waals surface area (Å²) in [6.07, 6.45) is -4.63. The molecular formula is C13H18F3NO. The maximum atomic E-state index is 12.0. The van der Waals surface area contributed by atoms with Crippen LogP contribution in [0.5, 0.6) is 5.75 Å². The molecule has 1 rings (SSSR count). The van der Waals surface area contributed by atoms with Crippen molar-refractivity contribution in [2.45, 2.75) is 39.1 Å². The first kappa shape index (κ1) is 14.8. The van der Waals surface area contributed by atoms with E-state index < -0.39 is 6.36 Å². The van der Waals surface area contributed by atoms with Gasteiger partial charge in [-0.05, 0) is 23.6 Å². The van der Waals surface area contributed by atoms with Gasteiger partial charge in [-0.3, -0.25) is 0 Å². The monoisotopic (exact) mass is 261 g/mol. The van der Waals surface area contributed by atoms with Gasteiger partial charge in [0.15, 0.2) is 0 Å². The summed E-state index contributed by atoms with van der Waals surface area (Å²) in [5.41, 5.74) is 0.984. The lowest BCUT2D eigenvalue weighted by Gasteiger charge is -2.16. The molecule has 1 N–H and O–H groups in total. The lowest BCUT2D eigenvalue weighted by molar-refractivity contribution is -0.274. The van der Waals surface area contributed by atoms with E-state index >= 15 is 0 Å². The number of alkyl halides is 3. The molecule has 2 nitrogen and oxygen atoms in total. The highest BCUT2D eigenvalue weighted by Crippen LogP contribution is 2.24. The highest BCUT2D eigenvalue weighted by atomic mass is 19.4. The molecule has 0 bridgehead atoms. The number of rotatable bonds is 5. The molecule has 1 aromatic rings. The van der Waals surface area contributed by atoms with Crippen LogP contribution in [0.4, 0.5) is 13.2 Å². The standard InChI is InChI=1S/C13H18F3NO/c1-9(2)17-8-10(3)11-4-6-12(7-5-11)18-13(14,15)16/h4-7,9-10,17H,8H2,1-3H3. The number of hydrogen-bond acceptors (Lipinski definition) is 2. The first-order chi connectivity index (χ1) is 8.28. The average Bonchev–Trinajstić information content (AvgIpc) is 2.24. The minimum atomic E-state index is -4.63. The Morgan fingerprint density at radius 1 is 1.11 bits per heavy atom. The SMILES string of the molecule is CC(C)NCC(C)c1ccc(OC(F)(F)F)cc1. The van der Waals surface area contributed by atoms with E-state index in [2.05, 4.69) is 10.1 Å². The van der Waals surface area contributed by atoms with E-state index in [1.54, 1.807) is 12.1 Å². The summed E-state index contributed by atoms with van der Waals surface area (Å²) < 4.78 is 39.8. The number of ether oxygens (including phenoxy) is 1. The molecule has 0 aliphatic carbocycles. The lowest BCUT2D eigenvalue weighted by atomic mass is 10.0. The quantitative estimate of drug-likeness (QED) is 0.872. The third kappa shape index (κ3) is 5.40. The molecule has 0 saturated carbocycles. The van der Waals surface area contributed by atoms with E-state index in [1.807, 2.05) is 20.8 Å². The molecule has 0 spiro atoms. The summed E-state index contributed by atoms with van der Waals surface area (Å²) >= 11 is 0. The summed E-state index contributed by atoms with van der Waals surface area (Å²) in [4.78, 5) is 0. The molecule has 5 heteroatoms. The van der Waals surface area contributed by atoms with Crippen LogP contribution in [-0.2, 0) is 0 Å². The zero-order valence-electron chi connectivity index (χ0n) is 10.7. The van der Waals surface area contributed by atoms with Crippen LogP contribution in [0, 0.1) is 0 Å². The van der Waals surface area contributed by atoms with Gasteiger partial charge in [0.25, 0.3) is 0 Å². The van der Waals surface area contributed by atoms with Crippen LogP contribution in [0.1, 0.15) is 32.3 Å². The Bertz CT molecular complexity index is 359. The molecule has 18 heavy (non-hydrogen) atoms. The molecule has 0 aliphatic heterocycles. The van der Waals surface area contributed by atoms with Crippen molar-refractivity contribution in [3.63, 3.8) is 0 Å². The summed E-state index contributed by atoms with van der Waals surface area (Å²) in [5.74, 6) is 0.0580. The second kappa shape index (κ2) is 6.09. The molecule has 0 heterocycles. The molecule has 1 aromatic carbocycles. The van der Waals surface area contributed by atoms with E-state index in [9.17, 15) is 13.2 Å². The van der Waals surface area contributed by atoms with Crippen LogP contribution in [0.25, 0.3) is 0 Å². The smallest absolute Gasteiger partial charge is 0.406 e. The lowest BCUT2D eigenvalue weighted by Crippen LogP contribution is -2.26. The van der Waals surface area contributed by atoms with Crippen molar-refractivity contribution in [3.8, 4) is 5.75 Å². The van der Waals surface area contributed by atoms with Crippen molar-refractivity contribution in [2.75, 3.05) is 6.54 Å². The fourth-order valence-corrected chi connectivity index (χ4v) is 1.53. The number of nitrogens with one attached hydrogen (secondary N) is 1. The van der Waals surface area contributed by atoms with E-state index in [0.29, 0.717) is 6.04 Å². The highest BCUT2D eigenvalue weighted by Gasteiger charge is 2.30. The molecule has 1 atom stereocenters. The van der Waals surface area contributed by atoms with Gasteiger partial charge in [0, 0.05) is 12.6 Å². The van der Waals surface area contributed by atoms with Gasteiger partial charge in [-0.2, -0.15) is 0 Å². The second-order valence-electron chi connectivity index (χ2n) is 4.58. The molecule has 0 amide bonds. The molecule has 0 aromatic heterocycles. The van der Waals surface area contributed by atoms with Crippen molar-refractivity contribution in [3.05, 3.63) is 29.8 Å². The van der Waals surface area contributed by atoms with E-state index in [0.717, 1.165) is 12.1 Å². The minimum Gasteiger partial charge on any atom is -0.406 e. The molecule has 0 saturated heterocycles. The van der Waals surface area contributed by atoms with Crippen LogP contribution in [0.15, 0.2) is 24.3 Å². The predicted octanol–water partition coefficient (Wildman–Crippen LogP) is 3.69. The fourth-order valence-electron chi connectivity index (χ4n) is 1.53. The Kier molecular flexibility index (Phi) is 5.02. The van der Waals surface area contributed by atoms with Crippen LogP contribution in [0.3, 0.4) is 0 Å². The normalized spacial score (nSPS) is 13.7. The molecule has 102 valence electrons. The van der Waals surface area contributed by atoms with Crippen molar-refractivity contribution in [1.82, 2.24) is 5.32 Å². The van der Waals surface area contributed by atoms with Gasteiger partial charge in [0.2, 0.25) is 0 Å². The summed E-state index contributed by atoms with van der Waals surface area (Å²) in [6, 6.07) is 6.39. The summed E-state index contributed by atoms with van der Waals surface area (Å²) in [7, 11) is 0. The van der Waals surface area contributed by atoms with Gasteiger partial charge >= 0.3 is 6.36 Å². The average molecular weight is 261 g/mol. The van der Waals surface area contributed by atoms with E-state index in [-0.39, 0.29) is 11.7 Å². The minimum absolute atomic E-state index is 0.185. The number of halogens is 3. The van der Waals surface area contributed by atoms with Gasteiger partial charge in [0.05, 0.1) is 0 Å². The van der Waals surface area contributed by atoms with Crippen LogP contribution in [-0.4, -0.2) is 18.9 Å². The van der Waals surface area contributed by atoms with E-state index in [4.69, 9.17) is 0 Å². The van der Waals surface area contributed by atoms with Gasteiger partial charge < -0.3 is 10.1 Å². The highest BCUT2D eigenvalue weighted by molar-refractivity contribution is 5.29. The third-order valence-electron chi connectivity index (χ3n) is 2.51. The zero-order chi connectivity index (χ0) is 13.8. The molecule has 0 radical (unpaired) electrons. The summed E-state index contributed by atoms with van der Waals surface area (Å²) in [5, 5.41) is 3.29. The molecule has 1 unspecified atom stereocenters. The Hall–Kier alpha value is -1.23. The maximum absolute atomic E-state index is 12.0. The molecule has 0 aliphatic rings. The first-order valence-corrected chi connectivity index (χ1v) is 5.87. The van der Waals surface area contributed by atoms with Crippen molar-refractivity contribution in [2.24, 2.45) is 0 Å². The number of hydrogen-bond donors (Lipinski definition) is 1. The topological polar surface area (TPSA) is 21.3 Å². The second-order valence-corrected chi connectivity index (χ2v) is 4.58. The Morgan fingerprint density at radius 2 is 1.67 bits per heavy atom. The zero-order valence-corrected chi connectivity index (χ0v) is 10.7. The Labute approximate surface area is 105 Å². The molecular weight excluding hydrogens is 243 g/mol. The van der Waals surface area contributed by atoms with Crippen molar-refractivity contribution in [1.29, 1.82) is 0 Å². The first-order valence-electron chi connectivity index (χ1n) is 5.87. The maximum Gasteiger partial charge on any atom is 0.573 e. The van der Waals surface area contributed by atoms with Crippen LogP contribution in [0.2, 0.25) is 0 Å². The van der Waals surface area contributed by atoms with E-state index in [1.165, 1.54) is 12.1 Å².